The highest BCUT2D eigenvalue weighted by Gasteiger charge is 2.21. The summed E-state index contributed by atoms with van der Waals surface area (Å²) in [7, 11) is 0. The molecule has 0 aliphatic carbocycles. The number of aryl methyl sites for hydroxylation is 1. The molecule has 8 nitrogen and oxygen atoms in total. The van der Waals surface area contributed by atoms with E-state index in [1.54, 1.807) is 23.0 Å². The fourth-order valence-electron chi connectivity index (χ4n) is 3.87. The number of fused-ring (bicyclic) bond motifs is 1. The minimum absolute atomic E-state index is 0.0604. The SMILES string of the molecule is CCOc1ccccc1-n1c(=S)sc2c(=O)n(-c3ccc(C)cc3)c(SCC(=O)NCc3ccco3)nc21. The lowest BCUT2D eigenvalue weighted by Crippen LogP contribution is -2.26. The van der Waals surface area contributed by atoms with Gasteiger partial charge in [-0.2, -0.15) is 0 Å². The summed E-state index contributed by atoms with van der Waals surface area (Å²) in [5, 5.41) is 3.22. The Hall–Kier alpha value is -3.67. The second kappa shape index (κ2) is 11.4. The summed E-state index contributed by atoms with van der Waals surface area (Å²) in [6.07, 6.45) is 1.56. The van der Waals surface area contributed by atoms with Crippen molar-refractivity contribution in [1.82, 2.24) is 19.4 Å². The zero-order chi connectivity index (χ0) is 26.6. The van der Waals surface area contributed by atoms with E-state index in [1.165, 1.54) is 27.7 Å². The molecule has 0 saturated carbocycles. The van der Waals surface area contributed by atoms with Gasteiger partial charge in [-0.3, -0.25) is 18.7 Å². The van der Waals surface area contributed by atoms with Gasteiger partial charge in [0.25, 0.3) is 5.56 Å². The van der Waals surface area contributed by atoms with Crippen molar-refractivity contribution in [2.45, 2.75) is 25.5 Å². The molecule has 1 amide bonds. The first-order valence-corrected chi connectivity index (χ1v) is 14.1. The lowest BCUT2D eigenvalue weighted by Gasteiger charge is -2.14. The summed E-state index contributed by atoms with van der Waals surface area (Å²) < 4.78 is 15.3. The molecule has 0 unspecified atom stereocenters. The first kappa shape index (κ1) is 26.0. The summed E-state index contributed by atoms with van der Waals surface area (Å²) >= 11 is 8.09. The standard InChI is InChI=1S/C27H24N4O4S3/c1-3-34-21-9-5-4-8-20(21)31-24-23(38-27(31)36)25(33)30(18-12-10-17(2)11-13-18)26(29-24)37-16-22(32)28-15-19-7-6-14-35-19/h4-14H,3,15-16H2,1-2H3,(H,28,32). The van der Waals surface area contributed by atoms with E-state index in [4.69, 9.17) is 26.4 Å². The Morgan fingerprint density at radius 3 is 2.66 bits per heavy atom. The maximum Gasteiger partial charge on any atom is 0.278 e. The lowest BCUT2D eigenvalue weighted by molar-refractivity contribution is -0.118. The Kier molecular flexibility index (Phi) is 7.77. The molecule has 194 valence electrons. The number of carbonyl (C=O) groups excluding carboxylic acids is 1. The summed E-state index contributed by atoms with van der Waals surface area (Å²) in [5.74, 6) is 1.15. The number of aromatic nitrogens is 3. The van der Waals surface area contributed by atoms with Crippen LogP contribution >= 0.6 is 35.3 Å². The molecule has 5 aromatic rings. The highest BCUT2D eigenvalue weighted by atomic mass is 32.2. The van der Waals surface area contributed by atoms with Gasteiger partial charge in [0.1, 0.15) is 16.2 Å². The monoisotopic (exact) mass is 564 g/mol. The molecule has 3 aromatic heterocycles. The third-order valence-corrected chi connectivity index (χ3v) is 7.94. The van der Waals surface area contributed by atoms with E-state index in [1.807, 2.05) is 62.4 Å². The van der Waals surface area contributed by atoms with Gasteiger partial charge in [0, 0.05) is 0 Å². The Bertz CT molecular complexity index is 1700. The van der Waals surface area contributed by atoms with Crippen LogP contribution in [0, 0.1) is 10.9 Å². The van der Waals surface area contributed by atoms with Crippen LogP contribution in [0.5, 0.6) is 5.75 Å². The first-order chi connectivity index (χ1) is 18.5. The Morgan fingerprint density at radius 1 is 1.13 bits per heavy atom. The van der Waals surface area contributed by atoms with Crippen molar-refractivity contribution in [3.63, 3.8) is 0 Å². The number of furan rings is 1. The fourth-order valence-corrected chi connectivity index (χ4v) is 5.99. The predicted molar refractivity (Wildman–Crippen MR) is 153 cm³/mol. The molecule has 0 bridgehead atoms. The number of benzene rings is 2. The van der Waals surface area contributed by atoms with Crippen LogP contribution in [-0.4, -0.2) is 32.4 Å². The van der Waals surface area contributed by atoms with Crippen molar-refractivity contribution in [3.8, 4) is 17.1 Å². The molecule has 0 fully saturated rings. The Morgan fingerprint density at radius 2 is 1.92 bits per heavy atom. The Balaban J connectivity index is 1.60. The van der Waals surface area contributed by atoms with E-state index in [-0.39, 0.29) is 23.8 Å². The summed E-state index contributed by atoms with van der Waals surface area (Å²) in [6, 6.07) is 18.7. The third-order valence-electron chi connectivity index (χ3n) is 5.65. The molecule has 5 rings (SSSR count). The van der Waals surface area contributed by atoms with Crippen LogP contribution < -0.4 is 15.6 Å². The van der Waals surface area contributed by atoms with Gasteiger partial charge in [-0.15, -0.1) is 0 Å². The van der Waals surface area contributed by atoms with Crippen molar-refractivity contribution >= 4 is 51.6 Å². The van der Waals surface area contributed by atoms with Crippen molar-refractivity contribution in [2.75, 3.05) is 12.4 Å². The Labute approximate surface area is 231 Å². The molecule has 1 N–H and O–H groups in total. The van der Waals surface area contributed by atoms with Crippen LogP contribution in [0.4, 0.5) is 0 Å². The number of hydrogen-bond donors (Lipinski definition) is 1. The highest BCUT2D eigenvalue weighted by molar-refractivity contribution is 7.99. The van der Waals surface area contributed by atoms with Crippen LogP contribution in [0.2, 0.25) is 0 Å². The molecule has 3 heterocycles. The third kappa shape index (κ3) is 5.31. The van der Waals surface area contributed by atoms with Gasteiger partial charge in [0.15, 0.2) is 14.8 Å². The predicted octanol–water partition coefficient (Wildman–Crippen LogP) is 5.68. The summed E-state index contributed by atoms with van der Waals surface area (Å²) in [6.45, 7) is 4.65. The number of thiazole rings is 1. The zero-order valence-electron chi connectivity index (χ0n) is 20.7. The first-order valence-electron chi connectivity index (χ1n) is 11.9. The van der Waals surface area contributed by atoms with E-state index < -0.39 is 0 Å². The normalized spacial score (nSPS) is 11.1. The molecule has 0 saturated heterocycles. The van der Waals surface area contributed by atoms with Crippen molar-refractivity contribution < 1.29 is 13.9 Å². The summed E-state index contributed by atoms with van der Waals surface area (Å²) in [4.78, 5) is 31.4. The fraction of sp³-hybridized carbons (Fsp3) is 0.185. The number of para-hydroxylation sites is 2. The molecular weight excluding hydrogens is 541 g/mol. The van der Waals surface area contributed by atoms with E-state index in [2.05, 4.69) is 5.32 Å². The van der Waals surface area contributed by atoms with Crippen LogP contribution in [0.1, 0.15) is 18.2 Å². The largest absolute Gasteiger partial charge is 0.492 e. The minimum atomic E-state index is -0.249. The van der Waals surface area contributed by atoms with Crippen LogP contribution in [0.25, 0.3) is 21.7 Å². The number of amides is 1. The highest BCUT2D eigenvalue weighted by Crippen LogP contribution is 2.31. The number of nitrogens with one attached hydrogen (secondary N) is 1. The number of nitrogens with zero attached hydrogens (tertiary/aromatic N) is 3. The smallest absolute Gasteiger partial charge is 0.278 e. The van der Waals surface area contributed by atoms with Gasteiger partial charge in [-0.25, -0.2) is 4.98 Å². The van der Waals surface area contributed by atoms with Crippen molar-refractivity contribution in [3.05, 3.63) is 92.6 Å². The molecule has 0 spiro atoms. The minimum Gasteiger partial charge on any atom is -0.492 e. The number of carbonyl (C=O) groups is 1. The molecule has 0 aliphatic rings. The molecular formula is C27H24N4O4S3. The summed E-state index contributed by atoms with van der Waals surface area (Å²) in [5.41, 5.74) is 2.61. The molecule has 0 radical (unpaired) electrons. The average molecular weight is 565 g/mol. The van der Waals surface area contributed by atoms with Gasteiger partial charge in [-0.05, 0) is 62.5 Å². The van der Waals surface area contributed by atoms with Crippen LogP contribution in [0.3, 0.4) is 0 Å². The number of hydrogen-bond acceptors (Lipinski definition) is 8. The number of ether oxygens (including phenoxy) is 1. The maximum absolute atomic E-state index is 13.9. The quantitative estimate of drug-likeness (QED) is 0.140. The number of thioether (sulfide) groups is 1. The van der Waals surface area contributed by atoms with Crippen LogP contribution in [0.15, 0.2) is 81.3 Å². The molecule has 11 heteroatoms. The molecule has 2 aromatic carbocycles. The average Bonchev–Trinajstić information content (AvgIpc) is 3.55. The van der Waals surface area contributed by atoms with Gasteiger partial charge in [-0.1, -0.05) is 52.9 Å². The van der Waals surface area contributed by atoms with Gasteiger partial charge >= 0.3 is 0 Å². The molecule has 38 heavy (non-hydrogen) atoms. The lowest BCUT2D eigenvalue weighted by atomic mass is 10.2. The second-order valence-corrected chi connectivity index (χ2v) is 10.9. The van der Waals surface area contributed by atoms with Crippen molar-refractivity contribution in [2.24, 2.45) is 0 Å². The van der Waals surface area contributed by atoms with E-state index in [9.17, 15) is 9.59 Å². The van der Waals surface area contributed by atoms with Gasteiger partial charge < -0.3 is 14.5 Å². The van der Waals surface area contributed by atoms with Gasteiger partial charge in [0.05, 0.1) is 36.5 Å². The van der Waals surface area contributed by atoms with E-state index >= 15 is 0 Å². The van der Waals surface area contributed by atoms with E-state index in [0.29, 0.717) is 48.9 Å². The maximum atomic E-state index is 13.9. The topological polar surface area (TPSA) is 91.3 Å². The second-order valence-electron chi connectivity index (χ2n) is 8.27. The zero-order valence-corrected chi connectivity index (χ0v) is 23.1. The van der Waals surface area contributed by atoms with Crippen LogP contribution in [-0.2, 0) is 11.3 Å². The number of rotatable bonds is 9. The van der Waals surface area contributed by atoms with Gasteiger partial charge in [0.2, 0.25) is 5.91 Å². The molecule has 0 atom stereocenters. The van der Waals surface area contributed by atoms with E-state index in [0.717, 1.165) is 5.56 Å². The van der Waals surface area contributed by atoms with Crippen molar-refractivity contribution in [1.29, 1.82) is 0 Å². The molecule has 0 aliphatic heterocycles.